The average molecular weight is 201 g/mol. The molecule has 2 N–H and O–H groups in total. The van der Waals surface area contributed by atoms with Crippen LogP contribution in [-0.4, -0.2) is 49.7 Å². The number of hydrogen-bond donors (Lipinski definition) is 2. The van der Waals surface area contributed by atoms with Gasteiger partial charge in [-0.2, -0.15) is 0 Å². The zero-order chi connectivity index (χ0) is 9.86. The van der Waals surface area contributed by atoms with E-state index in [2.05, 4.69) is 5.32 Å². The number of hydrogen-bond acceptors (Lipinski definition) is 4. The molecule has 2 fully saturated rings. The van der Waals surface area contributed by atoms with Gasteiger partial charge in [-0.3, -0.25) is 0 Å². The van der Waals surface area contributed by atoms with Crippen molar-refractivity contribution in [3.63, 3.8) is 0 Å². The lowest BCUT2D eigenvalue weighted by molar-refractivity contribution is 0.0172. The fraction of sp³-hybridized carbons (Fsp3) is 1.00. The quantitative estimate of drug-likeness (QED) is 0.670. The Kier molecular flexibility index (Phi) is 3.38. The Bertz CT molecular complexity index is 174. The van der Waals surface area contributed by atoms with E-state index in [0.717, 1.165) is 32.5 Å². The third-order valence-corrected chi connectivity index (χ3v) is 3.02. The molecule has 0 saturated carbocycles. The maximum absolute atomic E-state index is 10.0. The highest BCUT2D eigenvalue weighted by Gasteiger charge is 2.32. The number of rotatable bonds is 3. The summed E-state index contributed by atoms with van der Waals surface area (Å²) in [5.41, 5.74) is -0.627. The molecule has 0 aliphatic carbocycles. The van der Waals surface area contributed by atoms with Gasteiger partial charge in [0.05, 0.1) is 6.61 Å². The van der Waals surface area contributed by atoms with E-state index in [1.54, 1.807) is 0 Å². The summed E-state index contributed by atoms with van der Waals surface area (Å²) in [5.74, 6) is 0. The molecule has 0 bridgehead atoms. The van der Waals surface area contributed by atoms with Crippen LogP contribution in [-0.2, 0) is 9.47 Å². The molecule has 1 unspecified atom stereocenters. The Balaban J connectivity index is 1.70. The van der Waals surface area contributed by atoms with E-state index in [-0.39, 0.29) is 0 Å². The highest BCUT2D eigenvalue weighted by molar-refractivity contribution is 4.86. The number of ether oxygens (including phenoxy) is 2. The Morgan fingerprint density at radius 1 is 1.21 bits per heavy atom. The van der Waals surface area contributed by atoms with Gasteiger partial charge in [-0.15, -0.1) is 0 Å². The zero-order valence-electron chi connectivity index (χ0n) is 8.50. The third kappa shape index (κ3) is 2.67. The maximum atomic E-state index is 10.0. The predicted octanol–water partition coefficient (Wildman–Crippen LogP) is -0.0936. The minimum absolute atomic E-state index is 0.475. The van der Waals surface area contributed by atoms with Crippen molar-refractivity contribution >= 4 is 0 Å². The van der Waals surface area contributed by atoms with Crippen molar-refractivity contribution in [3.05, 3.63) is 0 Å². The van der Waals surface area contributed by atoms with Crippen LogP contribution in [0.4, 0.5) is 0 Å². The maximum Gasteiger partial charge on any atom is 0.102 e. The summed E-state index contributed by atoms with van der Waals surface area (Å²) >= 11 is 0. The topological polar surface area (TPSA) is 50.7 Å². The Morgan fingerprint density at radius 3 is 2.64 bits per heavy atom. The minimum Gasteiger partial charge on any atom is -0.386 e. The fourth-order valence-electron chi connectivity index (χ4n) is 1.97. The molecular weight excluding hydrogens is 182 g/mol. The monoisotopic (exact) mass is 201 g/mol. The molecule has 0 spiro atoms. The van der Waals surface area contributed by atoms with Gasteiger partial charge < -0.3 is 19.9 Å². The molecule has 82 valence electrons. The Morgan fingerprint density at radius 2 is 2.00 bits per heavy atom. The highest BCUT2D eigenvalue weighted by Crippen LogP contribution is 2.18. The first-order chi connectivity index (χ1) is 6.79. The molecular formula is C10H19NO3. The average Bonchev–Trinajstić information content (AvgIpc) is 2.65. The van der Waals surface area contributed by atoms with Gasteiger partial charge in [0.2, 0.25) is 0 Å². The summed E-state index contributed by atoms with van der Waals surface area (Å²) in [5, 5.41) is 13.4. The molecule has 2 heterocycles. The van der Waals surface area contributed by atoms with Crippen LogP contribution in [0.5, 0.6) is 0 Å². The van der Waals surface area contributed by atoms with Gasteiger partial charge in [0.15, 0.2) is 0 Å². The molecule has 2 aliphatic rings. The van der Waals surface area contributed by atoms with Crippen molar-refractivity contribution in [1.82, 2.24) is 5.32 Å². The van der Waals surface area contributed by atoms with E-state index in [9.17, 15) is 5.11 Å². The lowest BCUT2D eigenvalue weighted by Gasteiger charge is -2.28. The van der Waals surface area contributed by atoms with Crippen molar-refractivity contribution in [1.29, 1.82) is 0 Å². The minimum atomic E-state index is -0.627. The zero-order valence-corrected chi connectivity index (χ0v) is 8.50. The molecule has 4 nitrogen and oxygen atoms in total. The van der Waals surface area contributed by atoms with Crippen LogP contribution in [0.2, 0.25) is 0 Å². The molecule has 0 amide bonds. The van der Waals surface area contributed by atoms with E-state index >= 15 is 0 Å². The van der Waals surface area contributed by atoms with E-state index in [4.69, 9.17) is 9.47 Å². The van der Waals surface area contributed by atoms with Crippen LogP contribution < -0.4 is 5.32 Å². The van der Waals surface area contributed by atoms with Crippen LogP contribution in [0.15, 0.2) is 0 Å². The van der Waals surface area contributed by atoms with Gasteiger partial charge in [0.1, 0.15) is 5.60 Å². The smallest absolute Gasteiger partial charge is 0.102 e. The second-order valence-electron chi connectivity index (χ2n) is 4.29. The van der Waals surface area contributed by atoms with Crippen molar-refractivity contribution in [3.8, 4) is 0 Å². The molecule has 0 aromatic heterocycles. The summed E-state index contributed by atoms with van der Waals surface area (Å²) < 4.78 is 10.5. The first-order valence-corrected chi connectivity index (χ1v) is 5.40. The van der Waals surface area contributed by atoms with Crippen LogP contribution in [0, 0.1) is 0 Å². The second kappa shape index (κ2) is 4.57. The molecule has 0 aromatic carbocycles. The van der Waals surface area contributed by atoms with Crippen LogP contribution in [0.25, 0.3) is 0 Å². The van der Waals surface area contributed by atoms with Gasteiger partial charge in [0.25, 0.3) is 0 Å². The van der Waals surface area contributed by atoms with E-state index < -0.39 is 5.60 Å². The summed E-state index contributed by atoms with van der Waals surface area (Å²) in [6.45, 7) is 3.49. The first-order valence-electron chi connectivity index (χ1n) is 5.40. The molecule has 14 heavy (non-hydrogen) atoms. The van der Waals surface area contributed by atoms with Gasteiger partial charge in [-0.05, 0) is 12.8 Å². The third-order valence-electron chi connectivity index (χ3n) is 3.02. The standard InChI is InChI=1S/C10H19NO3/c12-10(3-6-14-8-10)7-11-9-1-4-13-5-2-9/h9,11-12H,1-8H2. The van der Waals surface area contributed by atoms with Gasteiger partial charge in [0, 0.05) is 38.8 Å². The van der Waals surface area contributed by atoms with Crippen LogP contribution in [0.3, 0.4) is 0 Å². The molecule has 4 heteroatoms. The van der Waals surface area contributed by atoms with Gasteiger partial charge >= 0.3 is 0 Å². The Hall–Kier alpha value is -0.160. The number of aliphatic hydroxyl groups is 1. The molecule has 1 atom stereocenters. The normalized spacial score (nSPS) is 34.9. The van der Waals surface area contributed by atoms with E-state index in [0.29, 0.717) is 25.8 Å². The van der Waals surface area contributed by atoms with E-state index in [1.807, 2.05) is 0 Å². The predicted molar refractivity (Wildman–Crippen MR) is 52.2 cm³/mol. The van der Waals surface area contributed by atoms with Crippen molar-refractivity contribution < 1.29 is 14.6 Å². The first kappa shape index (κ1) is 10.4. The summed E-state index contributed by atoms with van der Waals surface area (Å²) in [6, 6.07) is 0.508. The van der Waals surface area contributed by atoms with Crippen LogP contribution >= 0.6 is 0 Å². The second-order valence-corrected chi connectivity index (χ2v) is 4.29. The highest BCUT2D eigenvalue weighted by atomic mass is 16.5. The molecule has 0 radical (unpaired) electrons. The van der Waals surface area contributed by atoms with Gasteiger partial charge in [-0.1, -0.05) is 0 Å². The summed E-state index contributed by atoms with van der Waals surface area (Å²) in [4.78, 5) is 0. The Labute approximate surface area is 84.6 Å². The number of nitrogens with one attached hydrogen (secondary N) is 1. The van der Waals surface area contributed by atoms with Crippen molar-refractivity contribution in [2.24, 2.45) is 0 Å². The molecule has 2 rings (SSSR count). The SMILES string of the molecule is OC1(CNC2CCOCC2)CCOC1. The molecule has 2 saturated heterocycles. The largest absolute Gasteiger partial charge is 0.386 e. The summed E-state index contributed by atoms with van der Waals surface area (Å²) in [7, 11) is 0. The lowest BCUT2D eigenvalue weighted by Crippen LogP contribution is -2.46. The van der Waals surface area contributed by atoms with Crippen molar-refractivity contribution in [2.45, 2.75) is 30.9 Å². The van der Waals surface area contributed by atoms with E-state index in [1.165, 1.54) is 0 Å². The molecule has 2 aliphatic heterocycles. The van der Waals surface area contributed by atoms with Crippen LogP contribution in [0.1, 0.15) is 19.3 Å². The summed E-state index contributed by atoms with van der Waals surface area (Å²) in [6.07, 6.45) is 2.86. The van der Waals surface area contributed by atoms with Gasteiger partial charge in [-0.25, -0.2) is 0 Å². The molecule has 0 aromatic rings. The van der Waals surface area contributed by atoms with Crippen molar-refractivity contribution in [2.75, 3.05) is 33.0 Å². The fourth-order valence-corrected chi connectivity index (χ4v) is 1.97. The lowest BCUT2D eigenvalue weighted by atomic mass is 10.0.